The third-order valence-corrected chi connectivity index (χ3v) is 3.62. The number of amidine groups is 1. The first kappa shape index (κ1) is 14.0. The average molecular weight is 267 g/mol. The quantitative estimate of drug-likeness (QED) is 0.205. The van der Waals surface area contributed by atoms with Crippen molar-refractivity contribution in [1.82, 2.24) is 15.4 Å². The molecule has 0 aromatic rings. The Bertz CT molecular complexity index is 402. The molecular formula is C13H22FN5. The lowest BCUT2D eigenvalue weighted by molar-refractivity contribution is 0.00260. The molecule has 1 saturated heterocycles. The van der Waals surface area contributed by atoms with E-state index in [1.165, 1.54) is 25.5 Å². The number of rotatable bonds is 5. The SMILES string of the molecule is C/N=C(\C=N/NC(C)N(C)F)N1CCCC1C1=CC1. The topological polar surface area (TPSA) is 43.2 Å². The molecule has 0 bridgehead atoms. The van der Waals surface area contributed by atoms with Crippen LogP contribution in [0.3, 0.4) is 0 Å². The van der Waals surface area contributed by atoms with Crippen molar-refractivity contribution in [2.45, 2.75) is 38.4 Å². The number of likely N-dealkylation sites (tertiary alicyclic amines) is 1. The molecule has 0 saturated carbocycles. The van der Waals surface area contributed by atoms with Gasteiger partial charge >= 0.3 is 0 Å². The first-order valence-corrected chi connectivity index (χ1v) is 6.73. The Labute approximate surface area is 113 Å². The van der Waals surface area contributed by atoms with Crippen LogP contribution in [0.5, 0.6) is 0 Å². The Kier molecular flexibility index (Phi) is 4.52. The highest BCUT2D eigenvalue weighted by molar-refractivity contribution is 6.29. The molecule has 2 unspecified atom stereocenters. The Morgan fingerprint density at radius 1 is 1.68 bits per heavy atom. The summed E-state index contributed by atoms with van der Waals surface area (Å²) in [7, 11) is 3.13. The summed E-state index contributed by atoms with van der Waals surface area (Å²) >= 11 is 0. The molecule has 0 spiro atoms. The normalized spacial score (nSPS) is 25.1. The number of hydrogen-bond donors (Lipinski definition) is 1. The van der Waals surface area contributed by atoms with Crippen molar-refractivity contribution >= 4 is 12.1 Å². The zero-order valence-electron chi connectivity index (χ0n) is 11.8. The second-order valence-corrected chi connectivity index (χ2v) is 5.00. The van der Waals surface area contributed by atoms with Crippen LogP contribution in [0, 0.1) is 0 Å². The molecule has 1 heterocycles. The highest BCUT2D eigenvalue weighted by atomic mass is 19.2. The van der Waals surface area contributed by atoms with Gasteiger partial charge in [-0.1, -0.05) is 6.08 Å². The second-order valence-electron chi connectivity index (χ2n) is 5.00. The summed E-state index contributed by atoms with van der Waals surface area (Å²) in [6, 6.07) is 0.492. The fourth-order valence-electron chi connectivity index (χ4n) is 2.30. The zero-order valence-corrected chi connectivity index (χ0v) is 11.8. The Hall–Kier alpha value is -1.43. The minimum atomic E-state index is -0.449. The van der Waals surface area contributed by atoms with E-state index in [4.69, 9.17) is 0 Å². The lowest BCUT2D eigenvalue weighted by Gasteiger charge is -2.24. The van der Waals surface area contributed by atoms with E-state index in [0.29, 0.717) is 11.2 Å². The van der Waals surface area contributed by atoms with Gasteiger partial charge in [-0.25, -0.2) is 0 Å². The number of nitrogens with one attached hydrogen (secondary N) is 1. The number of hydrogen-bond acceptors (Lipinski definition) is 4. The Balaban J connectivity index is 1.93. The van der Waals surface area contributed by atoms with E-state index in [-0.39, 0.29) is 0 Å². The number of aliphatic imine (C=N–C) groups is 1. The van der Waals surface area contributed by atoms with Crippen LogP contribution in [0.4, 0.5) is 4.48 Å². The van der Waals surface area contributed by atoms with Crippen LogP contribution in [-0.4, -0.2) is 54.9 Å². The number of allylic oxidation sites excluding steroid dienone is 1. The maximum atomic E-state index is 12.8. The first-order chi connectivity index (χ1) is 9.13. The van der Waals surface area contributed by atoms with Crippen molar-refractivity contribution in [3.8, 4) is 0 Å². The third-order valence-electron chi connectivity index (χ3n) is 3.62. The fourth-order valence-corrected chi connectivity index (χ4v) is 2.30. The van der Waals surface area contributed by atoms with Gasteiger partial charge in [-0.05, 0) is 31.8 Å². The summed E-state index contributed by atoms with van der Waals surface area (Å²) in [4.78, 5) is 6.58. The smallest absolute Gasteiger partial charge is 0.144 e. The van der Waals surface area contributed by atoms with Gasteiger partial charge in [0.15, 0.2) is 0 Å². The van der Waals surface area contributed by atoms with Crippen LogP contribution >= 0.6 is 0 Å². The molecule has 6 heteroatoms. The lowest BCUT2D eigenvalue weighted by Crippen LogP contribution is -2.38. The molecule has 106 valence electrons. The van der Waals surface area contributed by atoms with E-state index in [1.807, 2.05) is 0 Å². The van der Waals surface area contributed by atoms with Gasteiger partial charge in [0.05, 0.1) is 12.3 Å². The molecule has 2 rings (SSSR count). The summed E-state index contributed by atoms with van der Waals surface area (Å²) in [5.74, 6) is 0.858. The fraction of sp³-hybridized carbons (Fsp3) is 0.692. The van der Waals surface area contributed by atoms with E-state index >= 15 is 0 Å². The molecule has 1 aliphatic carbocycles. The van der Waals surface area contributed by atoms with Gasteiger partial charge in [-0.2, -0.15) is 5.10 Å². The molecule has 0 radical (unpaired) electrons. The van der Waals surface area contributed by atoms with Crippen LogP contribution in [-0.2, 0) is 0 Å². The van der Waals surface area contributed by atoms with Gasteiger partial charge in [0.1, 0.15) is 12.0 Å². The van der Waals surface area contributed by atoms with Crippen LogP contribution in [0.2, 0.25) is 0 Å². The molecule has 0 aromatic carbocycles. The summed E-state index contributed by atoms with van der Waals surface area (Å²) in [6.07, 6.45) is 7.02. The van der Waals surface area contributed by atoms with Gasteiger partial charge in [0, 0.05) is 20.6 Å². The molecule has 0 aromatic heterocycles. The van der Waals surface area contributed by atoms with Gasteiger partial charge in [-0.15, -0.1) is 9.60 Å². The van der Waals surface area contributed by atoms with Crippen molar-refractivity contribution in [2.24, 2.45) is 10.1 Å². The maximum absolute atomic E-state index is 12.8. The summed E-state index contributed by atoms with van der Waals surface area (Å²) < 4.78 is 12.8. The molecule has 19 heavy (non-hydrogen) atoms. The Morgan fingerprint density at radius 3 is 3.00 bits per heavy atom. The zero-order chi connectivity index (χ0) is 13.8. The number of nitrogens with zero attached hydrogens (tertiary/aromatic N) is 4. The van der Waals surface area contributed by atoms with Crippen molar-refractivity contribution in [2.75, 3.05) is 20.6 Å². The predicted molar refractivity (Wildman–Crippen MR) is 75.7 cm³/mol. The van der Waals surface area contributed by atoms with Gasteiger partial charge in [0.2, 0.25) is 0 Å². The van der Waals surface area contributed by atoms with Crippen LogP contribution < -0.4 is 5.43 Å². The maximum Gasteiger partial charge on any atom is 0.144 e. The number of hydrazone groups is 1. The molecule has 1 aliphatic heterocycles. The lowest BCUT2D eigenvalue weighted by atomic mass is 10.1. The van der Waals surface area contributed by atoms with E-state index in [0.717, 1.165) is 18.8 Å². The highest BCUT2D eigenvalue weighted by Crippen LogP contribution is 2.33. The molecule has 0 amide bonds. The predicted octanol–water partition coefficient (Wildman–Crippen LogP) is 1.55. The molecule has 1 fully saturated rings. The van der Waals surface area contributed by atoms with E-state index in [2.05, 4.69) is 26.5 Å². The molecule has 2 atom stereocenters. The van der Waals surface area contributed by atoms with Crippen LogP contribution in [0.15, 0.2) is 21.7 Å². The van der Waals surface area contributed by atoms with Gasteiger partial charge in [0.25, 0.3) is 0 Å². The average Bonchev–Trinajstić information content (AvgIpc) is 3.13. The minimum Gasteiger partial charge on any atom is -0.349 e. The minimum absolute atomic E-state index is 0.449. The van der Waals surface area contributed by atoms with Crippen LogP contribution in [0.1, 0.15) is 26.2 Å². The molecular weight excluding hydrogens is 245 g/mol. The van der Waals surface area contributed by atoms with E-state index in [9.17, 15) is 4.48 Å². The van der Waals surface area contributed by atoms with Gasteiger partial charge < -0.3 is 4.90 Å². The second kappa shape index (κ2) is 6.14. The highest BCUT2D eigenvalue weighted by Gasteiger charge is 2.32. The largest absolute Gasteiger partial charge is 0.349 e. The summed E-state index contributed by atoms with van der Waals surface area (Å²) in [5, 5.41) is 4.65. The molecule has 2 aliphatic rings. The molecule has 1 N–H and O–H groups in total. The monoisotopic (exact) mass is 267 g/mol. The first-order valence-electron chi connectivity index (χ1n) is 6.73. The Morgan fingerprint density at radius 2 is 2.42 bits per heavy atom. The van der Waals surface area contributed by atoms with Gasteiger partial charge in [-0.3, -0.25) is 10.4 Å². The van der Waals surface area contributed by atoms with E-state index in [1.54, 1.807) is 20.2 Å². The summed E-state index contributed by atoms with van der Waals surface area (Å²) in [5.41, 5.74) is 4.24. The van der Waals surface area contributed by atoms with Crippen molar-refractivity contribution in [3.63, 3.8) is 0 Å². The van der Waals surface area contributed by atoms with Crippen molar-refractivity contribution in [3.05, 3.63) is 11.6 Å². The van der Waals surface area contributed by atoms with Crippen molar-refractivity contribution in [1.29, 1.82) is 0 Å². The standard InChI is InChI=1S/C13H22FN5/c1-10(18(3)14)17-16-9-13(15-2)19-8-4-5-12(19)11-6-7-11/h6,9-10,12,17H,4-5,7-8H2,1-3H3/b15-13+,16-9-. The summed E-state index contributed by atoms with van der Waals surface area (Å²) in [6.45, 7) is 2.72. The third kappa shape index (κ3) is 3.53. The van der Waals surface area contributed by atoms with E-state index < -0.39 is 6.17 Å². The van der Waals surface area contributed by atoms with Crippen LogP contribution in [0.25, 0.3) is 0 Å². The number of halogens is 1. The molecule has 5 nitrogen and oxygen atoms in total. The van der Waals surface area contributed by atoms with Crippen molar-refractivity contribution < 1.29 is 4.48 Å².